The second-order valence-electron chi connectivity index (χ2n) is 5.79. The van der Waals surface area contributed by atoms with Crippen LogP contribution in [0, 0.1) is 17.1 Å². The van der Waals surface area contributed by atoms with Crippen LogP contribution in [0.4, 0.5) is 10.1 Å². The second kappa shape index (κ2) is 7.58. The summed E-state index contributed by atoms with van der Waals surface area (Å²) in [6, 6.07) is 13.4. The third-order valence-corrected chi connectivity index (χ3v) is 4.09. The number of halogens is 1. The van der Waals surface area contributed by atoms with Crippen LogP contribution in [0.15, 0.2) is 47.6 Å². The van der Waals surface area contributed by atoms with Gasteiger partial charge in [-0.25, -0.2) is 9.82 Å². The molecule has 0 saturated carbocycles. The van der Waals surface area contributed by atoms with E-state index >= 15 is 0 Å². The molecule has 126 valence electrons. The lowest BCUT2D eigenvalue weighted by atomic mass is 10.1. The van der Waals surface area contributed by atoms with Crippen molar-refractivity contribution >= 4 is 17.8 Å². The van der Waals surface area contributed by atoms with Gasteiger partial charge in [0, 0.05) is 18.8 Å². The van der Waals surface area contributed by atoms with Crippen LogP contribution < -0.4 is 10.3 Å². The number of nitrogens with zero attached hydrogens (tertiary/aromatic N) is 3. The van der Waals surface area contributed by atoms with Crippen molar-refractivity contribution in [1.29, 1.82) is 5.26 Å². The highest BCUT2D eigenvalue weighted by Gasteiger charge is 2.12. The van der Waals surface area contributed by atoms with Crippen LogP contribution >= 0.6 is 0 Å². The molecule has 1 heterocycles. The molecule has 25 heavy (non-hydrogen) atoms. The average Bonchev–Trinajstić information content (AvgIpc) is 3.16. The smallest absolute Gasteiger partial charge is 0.274 e. The van der Waals surface area contributed by atoms with Crippen LogP contribution in [0.2, 0.25) is 0 Å². The highest BCUT2D eigenvalue weighted by atomic mass is 19.1. The molecule has 2 aromatic carbocycles. The number of nitriles is 1. The number of hydrazone groups is 1. The number of carbonyl (C=O) groups is 1. The normalized spacial score (nSPS) is 13.8. The Labute approximate surface area is 145 Å². The first-order chi connectivity index (χ1) is 12.2. The van der Waals surface area contributed by atoms with Gasteiger partial charge in [-0.05, 0) is 48.7 Å². The SMILES string of the molecule is N#Cc1ccc(C(=O)N/N=C\c2ccc(N3CCCC3)cc2)c(F)c1. The number of rotatable bonds is 4. The molecule has 1 saturated heterocycles. The maximum Gasteiger partial charge on any atom is 0.274 e. The first-order valence-corrected chi connectivity index (χ1v) is 8.05. The maximum atomic E-state index is 13.8. The standard InChI is InChI=1S/C19H17FN4O/c20-18-11-15(12-21)5-8-17(18)19(25)23-22-13-14-3-6-16(7-4-14)24-9-1-2-10-24/h3-8,11,13H,1-2,9-10H2,(H,23,25)/b22-13-. The number of amides is 1. The number of nitrogens with one attached hydrogen (secondary N) is 1. The summed E-state index contributed by atoms with van der Waals surface area (Å²) in [5.41, 5.74) is 4.32. The zero-order valence-corrected chi connectivity index (χ0v) is 13.6. The highest BCUT2D eigenvalue weighted by Crippen LogP contribution is 2.19. The molecule has 3 rings (SSSR count). The minimum atomic E-state index is -0.748. The molecule has 0 spiro atoms. The summed E-state index contributed by atoms with van der Waals surface area (Å²) in [5, 5.41) is 12.6. The minimum absolute atomic E-state index is 0.152. The van der Waals surface area contributed by atoms with Crippen molar-refractivity contribution in [2.24, 2.45) is 5.10 Å². The Kier molecular flexibility index (Phi) is 5.05. The summed E-state index contributed by atoms with van der Waals surface area (Å²) < 4.78 is 13.8. The molecule has 1 N–H and O–H groups in total. The van der Waals surface area contributed by atoms with Crippen molar-refractivity contribution < 1.29 is 9.18 Å². The lowest BCUT2D eigenvalue weighted by Crippen LogP contribution is -2.19. The van der Waals surface area contributed by atoms with E-state index in [-0.39, 0.29) is 11.1 Å². The quantitative estimate of drug-likeness (QED) is 0.689. The molecule has 1 fully saturated rings. The first kappa shape index (κ1) is 16.7. The van der Waals surface area contributed by atoms with E-state index in [9.17, 15) is 9.18 Å². The van der Waals surface area contributed by atoms with Gasteiger partial charge in [0.1, 0.15) is 5.82 Å². The number of anilines is 1. The van der Waals surface area contributed by atoms with Gasteiger partial charge >= 0.3 is 0 Å². The fraction of sp³-hybridized carbons (Fsp3) is 0.211. The summed E-state index contributed by atoms with van der Waals surface area (Å²) in [5.74, 6) is -1.41. The largest absolute Gasteiger partial charge is 0.372 e. The highest BCUT2D eigenvalue weighted by molar-refractivity contribution is 5.95. The topological polar surface area (TPSA) is 68.5 Å². The molecule has 0 aliphatic carbocycles. The van der Waals surface area contributed by atoms with Gasteiger partial charge in [-0.3, -0.25) is 4.79 Å². The van der Waals surface area contributed by atoms with E-state index in [0.29, 0.717) is 0 Å². The fourth-order valence-electron chi connectivity index (χ4n) is 2.74. The average molecular weight is 336 g/mol. The van der Waals surface area contributed by atoms with Crippen molar-refractivity contribution in [2.75, 3.05) is 18.0 Å². The molecule has 0 radical (unpaired) electrons. The Balaban J connectivity index is 1.61. The summed E-state index contributed by atoms with van der Waals surface area (Å²) in [6.07, 6.45) is 3.95. The van der Waals surface area contributed by atoms with Crippen LogP contribution in [-0.2, 0) is 0 Å². The van der Waals surface area contributed by atoms with E-state index in [2.05, 4.69) is 15.4 Å². The van der Waals surface area contributed by atoms with Gasteiger partial charge in [0.15, 0.2) is 0 Å². The van der Waals surface area contributed by atoms with Crippen molar-refractivity contribution in [3.8, 4) is 6.07 Å². The molecule has 0 bridgehead atoms. The molecule has 2 aromatic rings. The van der Waals surface area contributed by atoms with Crippen molar-refractivity contribution in [3.05, 3.63) is 65.0 Å². The van der Waals surface area contributed by atoms with Gasteiger partial charge in [-0.15, -0.1) is 0 Å². The van der Waals surface area contributed by atoms with E-state index in [1.807, 2.05) is 30.3 Å². The Morgan fingerprint density at radius 2 is 1.92 bits per heavy atom. The molecule has 5 nitrogen and oxygen atoms in total. The summed E-state index contributed by atoms with van der Waals surface area (Å²) >= 11 is 0. The maximum absolute atomic E-state index is 13.8. The van der Waals surface area contributed by atoms with E-state index in [0.717, 1.165) is 24.7 Å². The molecule has 0 atom stereocenters. The third kappa shape index (κ3) is 4.01. The molecule has 0 unspecified atom stereocenters. The van der Waals surface area contributed by atoms with Crippen LogP contribution in [0.1, 0.15) is 34.3 Å². The van der Waals surface area contributed by atoms with Crippen LogP contribution in [0.5, 0.6) is 0 Å². The lowest BCUT2D eigenvalue weighted by Gasteiger charge is -2.17. The van der Waals surface area contributed by atoms with Gasteiger partial charge in [-0.1, -0.05) is 12.1 Å². The van der Waals surface area contributed by atoms with Crippen LogP contribution in [-0.4, -0.2) is 25.2 Å². The van der Waals surface area contributed by atoms with Crippen LogP contribution in [0.3, 0.4) is 0 Å². The van der Waals surface area contributed by atoms with Crippen molar-refractivity contribution in [3.63, 3.8) is 0 Å². The van der Waals surface area contributed by atoms with Crippen molar-refractivity contribution in [2.45, 2.75) is 12.8 Å². The monoisotopic (exact) mass is 336 g/mol. The van der Waals surface area contributed by atoms with Crippen molar-refractivity contribution in [1.82, 2.24) is 5.43 Å². The van der Waals surface area contributed by atoms with Gasteiger partial charge in [0.25, 0.3) is 5.91 Å². The summed E-state index contributed by atoms with van der Waals surface area (Å²) in [4.78, 5) is 14.3. The molecule has 1 aliphatic rings. The van der Waals surface area contributed by atoms with Gasteiger partial charge in [-0.2, -0.15) is 10.4 Å². The lowest BCUT2D eigenvalue weighted by molar-refractivity contribution is 0.0951. The molecule has 1 aliphatic heterocycles. The first-order valence-electron chi connectivity index (χ1n) is 8.05. The molecule has 0 aromatic heterocycles. The van der Waals surface area contributed by atoms with Crippen LogP contribution in [0.25, 0.3) is 0 Å². The molecule has 1 amide bonds. The van der Waals surface area contributed by atoms with E-state index < -0.39 is 11.7 Å². The second-order valence-corrected chi connectivity index (χ2v) is 5.79. The molecule has 6 heteroatoms. The minimum Gasteiger partial charge on any atom is -0.372 e. The van der Waals surface area contributed by atoms with Gasteiger partial charge < -0.3 is 4.90 Å². The predicted molar refractivity (Wildman–Crippen MR) is 94.1 cm³/mol. The zero-order chi connectivity index (χ0) is 17.6. The zero-order valence-electron chi connectivity index (χ0n) is 13.6. The van der Waals surface area contributed by atoms with E-state index in [4.69, 9.17) is 5.26 Å². The molecular formula is C19H17FN4O. The van der Waals surface area contributed by atoms with E-state index in [1.54, 1.807) is 0 Å². The summed E-state index contributed by atoms with van der Waals surface area (Å²) in [6.45, 7) is 2.17. The molecular weight excluding hydrogens is 319 g/mol. The Hall–Kier alpha value is -3.20. The van der Waals surface area contributed by atoms with E-state index in [1.165, 1.54) is 36.9 Å². The predicted octanol–water partition coefficient (Wildman–Crippen LogP) is 3.06. The number of benzene rings is 2. The van der Waals surface area contributed by atoms with Gasteiger partial charge in [0.2, 0.25) is 0 Å². The number of hydrogen-bond acceptors (Lipinski definition) is 4. The Morgan fingerprint density at radius 3 is 2.56 bits per heavy atom. The number of hydrogen-bond donors (Lipinski definition) is 1. The fourth-order valence-corrected chi connectivity index (χ4v) is 2.74. The summed E-state index contributed by atoms with van der Waals surface area (Å²) in [7, 11) is 0. The third-order valence-electron chi connectivity index (χ3n) is 4.09. The van der Waals surface area contributed by atoms with Gasteiger partial charge in [0.05, 0.1) is 23.4 Å². The Bertz CT molecular complexity index is 833. The Morgan fingerprint density at radius 1 is 1.20 bits per heavy atom. The number of carbonyl (C=O) groups excluding carboxylic acids is 1.